The first-order chi connectivity index (χ1) is 5.54. The average molecular weight is 165 g/mol. The number of aliphatic hydroxyl groups excluding tert-OH is 1. The molecular formula is C9H16BNO. The van der Waals surface area contributed by atoms with E-state index in [4.69, 9.17) is 7.98 Å². The van der Waals surface area contributed by atoms with Gasteiger partial charge in [0, 0.05) is 5.57 Å². The second kappa shape index (κ2) is 4.91. The fraction of sp³-hybridized carbons (Fsp3) is 0.556. The van der Waals surface area contributed by atoms with Crippen molar-refractivity contribution in [1.82, 2.24) is 5.23 Å². The van der Waals surface area contributed by atoms with E-state index in [1.165, 1.54) is 5.57 Å². The maximum absolute atomic E-state index is 9.25. The molecule has 3 heteroatoms. The second-order valence-electron chi connectivity index (χ2n) is 2.88. The fourth-order valence-electron chi connectivity index (χ4n) is 0.871. The first-order valence-electron chi connectivity index (χ1n) is 4.07. The van der Waals surface area contributed by atoms with Gasteiger partial charge in [-0.25, -0.2) is 0 Å². The van der Waals surface area contributed by atoms with Crippen molar-refractivity contribution in [2.24, 2.45) is 0 Å². The Kier molecular flexibility index (Phi) is 4.56. The standard InChI is InChI=1S/C9H16BNO/c1-5-6(2)7(3)8(4)9(12)11-10/h11-12H,5H2,1-4H3/b7-6-,9-8+. The van der Waals surface area contributed by atoms with E-state index in [0.29, 0.717) is 0 Å². The SMILES string of the molecule is [B]N/C(O)=C(C)\C(C)=C(\C)CC. The van der Waals surface area contributed by atoms with Crippen LogP contribution in [0.1, 0.15) is 34.1 Å². The van der Waals surface area contributed by atoms with Crippen LogP contribution in [0.5, 0.6) is 0 Å². The summed E-state index contributed by atoms with van der Waals surface area (Å²) in [7, 11) is 5.07. The Labute approximate surface area is 75.8 Å². The summed E-state index contributed by atoms with van der Waals surface area (Å²) in [6, 6.07) is 0. The largest absolute Gasteiger partial charge is 0.495 e. The molecule has 0 aliphatic carbocycles. The molecule has 0 aliphatic rings. The van der Waals surface area contributed by atoms with Gasteiger partial charge < -0.3 is 10.3 Å². The minimum absolute atomic E-state index is 0.0419. The third-order valence-corrected chi connectivity index (χ3v) is 2.22. The third kappa shape index (κ3) is 2.64. The van der Waals surface area contributed by atoms with Gasteiger partial charge in [-0.3, -0.25) is 0 Å². The lowest BCUT2D eigenvalue weighted by molar-refractivity contribution is 0.386. The minimum atomic E-state index is 0.0419. The average Bonchev–Trinajstić information content (AvgIpc) is 2.12. The van der Waals surface area contributed by atoms with Crippen LogP contribution in [0.15, 0.2) is 22.6 Å². The summed E-state index contributed by atoms with van der Waals surface area (Å²) >= 11 is 0. The molecule has 0 spiro atoms. The zero-order valence-electron chi connectivity index (χ0n) is 8.23. The van der Waals surface area contributed by atoms with Crippen molar-refractivity contribution in [3.8, 4) is 0 Å². The monoisotopic (exact) mass is 165 g/mol. The smallest absolute Gasteiger partial charge is 0.226 e. The number of nitrogens with one attached hydrogen (secondary N) is 1. The summed E-state index contributed by atoms with van der Waals surface area (Å²) < 4.78 is 0. The Morgan fingerprint density at radius 3 is 2.08 bits per heavy atom. The summed E-state index contributed by atoms with van der Waals surface area (Å²) in [6.07, 6.45) is 0.987. The van der Waals surface area contributed by atoms with Gasteiger partial charge in [-0.1, -0.05) is 12.5 Å². The highest BCUT2D eigenvalue weighted by Crippen LogP contribution is 2.17. The van der Waals surface area contributed by atoms with Crippen molar-refractivity contribution in [2.75, 3.05) is 0 Å². The molecular weight excluding hydrogens is 149 g/mol. The van der Waals surface area contributed by atoms with Gasteiger partial charge in [0.05, 0.1) is 0 Å². The van der Waals surface area contributed by atoms with E-state index >= 15 is 0 Å². The van der Waals surface area contributed by atoms with Gasteiger partial charge in [-0.2, -0.15) is 0 Å². The molecule has 2 nitrogen and oxygen atoms in total. The van der Waals surface area contributed by atoms with Gasteiger partial charge in [0.1, 0.15) is 0 Å². The molecule has 0 fully saturated rings. The second-order valence-corrected chi connectivity index (χ2v) is 2.88. The first-order valence-corrected chi connectivity index (χ1v) is 4.07. The summed E-state index contributed by atoms with van der Waals surface area (Å²) in [6.45, 7) is 7.94. The maximum Gasteiger partial charge on any atom is 0.226 e. The van der Waals surface area contributed by atoms with E-state index < -0.39 is 0 Å². The highest BCUT2D eigenvalue weighted by molar-refractivity contribution is 6.05. The van der Waals surface area contributed by atoms with Crippen LogP contribution in [-0.4, -0.2) is 13.1 Å². The number of hydrogen-bond donors (Lipinski definition) is 2. The highest BCUT2D eigenvalue weighted by Gasteiger charge is 2.02. The highest BCUT2D eigenvalue weighted by atomic mass is 16.3. The topological polar surface area (TPSA) is 32.3 Å². The van der Waals surface area contributed by atoms with E-state index in [0.717, 1.165) is 17.6 Å². The Morgan fingerprint density at radius 1 is 1.25 bits per heavy atom. The third-order valence-electron chi connectivity index (χ3n) is 2.22. The molecule has 0 bridgehead atoms. The normalized spacial score (nSPS) is 15.0. The molecule has 0 atom stereocenters. The molecule has 2 N–H and O–H groups in total. The van der Waals surface area contributed by atoms with Crippen molar-refractivity contribution in [1.29, 1.82) is 0 Å². The Hall–Kier alpha value is -0.855. The van der Waals surface area contributed by atoms with Gasteiger partial charge in [0.15, 0.2) is 5.88 Å². The molecule has 66 valence electrons. The van der Waals surface area contributed by atoms with Crippen LogP contribution in [0.25, 0.3) is 0 Å². The van der Waals surface area contributed by atoms with Crippen LogP contribution in [0.4, 0.5) is 0 Å². The molecule has 0 unspecified atom stereocenters. The summed E-state index contributed by atoms with van der Waals surface area (Å²) in [5.41, 5.74) is 3.15. The minimum Gasteiger partial charge on any atom is -0.495 e. The molecule has 2 radical (unpaired) electrons. The van der Waals surface area contributed by atoms with Crippen molar-refractivity contribution in [2.45, 2.75) is 34.1 Å². The van der Waals surface area contributed by atoms with Crippen molar-refractivity contribution >= 4 is 7.98 Å². The fourth-order valence-corrected chi connectivity index (χ4v) is 0.871. The van der Waals surface area contributed by atoms with E-state index in [2.05, 4.69) is 12.2 Å². The van der Waals surface area contributed by atoms with E-state index in [1.54, 1.807) is 0 Å². The van der Waals surface area contributed by atoms with Crippen LogP contribution in [0.3, 0.4) is 0 Å². The first kappa shape index (κ1) is 11.1. The molecule has 0 saturated carbocycles. The summed E-state index contributed by atoms with van der Waals surface area (Å²) in [5, 5.41) is 11.5. The number of hydrogen-bond acceptors (Lipinski definition) is 2. The van der Waals surface area contributed by atoms with Crippen LogP contribution in [-0.2, 0) is 0 Å². The molecule has 0 aromatic rings. The van der Waals surface area contributed by atoms with Crippen LogP contribution in [0, 0.1) is 0 Å². The van der Waals surface area contributed by atoms with Crippen LogP contribution < -0.4 is 5.23 Å². The molecule has 12 heavy (non-hydrogen) atoms. The van der Waals surface area contributed by atoms with Gasteiger partial charge in [-0.05, 0) is 32.8 Å². The van der Waals surface area contributed by atoms with Crippen LogP contribution in [0.2, 0.25) is 0 Å². The molecule has 0 heterocycles. The number of aliphatic hydroxyl groups is 1. The molecule has 0 rings (SSSR count). The van der Waals surface area contributed by atoms with E-state index in [1.807, 2.05) is 20.8 Å². The van der Waals surface area contributed by atoms with Gasteiger partial charge in [0.25, 0.3) is 0 Å². The maximum atomic E-state index is 9.25. The van der Waals surface area contributed by atoms with E-state index in [9.17, 15) is 5.11 Å². The van der Waals surface area contributed by atoms with Crippen molar-refractivity contribution in [3.63, 3.8) is 0 Å². The van der Waals surface area contributed by atoms with Crippen molar-refractivity contribution in [3.05, 3.63) is 22.6 Å². The predicted molar refractivity (Wildman–Crippen MR) is 52.9 cm³/mol. The van der Waals surface area contributed by atoms with Gasteiger partial charge in [0.2, 0.25) is 7.98 Å². The molecule has 0 aliphatic heterocycles. The van der Waals surface area contributed by atoms with E-state index in [-0.39, 0.29) is 5.88 Å². The lowest BCUT2D eigenvalue weighted by Gasteiger charge is -2.09. The quantitative estimate of drug-likeness (QED) is 0.381. The number of rotatable bonds is 3. The molecule has 0 aromatic carbocycles. The predicted octanol–water partition coefficient (Wildman–Crippen LogP) is 2.20. The Balaban J connectivity index is 4.82. The molecule has 0 saturated heterocycles. The lowest BCUT2D eigenvalue weighted by atomic mass is 10.0. The summed E-state index contributed by atoms with van der Waals surface area (Å²) in [4.78, 5) is 0. The van der Waals surface area contributed by atoms with Gasteiger partial charge >= 0.3 is 0 Å². The van der Waals surface area contributed by atoms with Crippen molar-refractivity contribution < 1.29 is 5.11 Å². The zero-order chi connectivity index (χ0) is 9.72. The Bertz CT molecular complexity index is 195. The zero-order valence-corrected chi connectivity index (χ0v) is 8.23. The Morgan fingerprint density at radius 2 is 1.75 bits per heavy atom. The van der Waals surface area contributed by atoms with Crippen LogP contribution >= 0.6 is 0 Å². The number of allylic oxidation sites excluding steroid dienone is 3. The molecule has 0 amide bonds. The van der Waals surface area contributed by atoms with Gasteiger partial charge in [-0.15, -0.1) is 0 Å². The molecule has 0 aromatic heterocycles. The summed E-state index contributed by atoms with van der Waals surface area (Å²) in [5.74, 6) is 0.0419. The lowest BCUT2D eigenvalue weighted by Crippen LogP contribution is -2.10.